The molecule has 86 valence electrons. The molecule has 0 radical (unpaired) electrons. The second kappa shape index (κ2) is 5.61. The Morgan fingerprint density at radius 2 is 2.44 bits per heavy atom. The quantitative estimate of drug-likeness (QED) is 0.767. The number of hydrogen-bond acceptors (Lipinski definition) is 4. The van der Waals surface area contributed by atoms with Gasteiger partial charge in [0.1, 0.15) is 4.32 Å². The maximum atomic E-state index is 5.37. The van der Waals surface area contributed by atoms with Gasteiger partial charge in [-0.05, 0) is 18.2 Å². The monoisotopic (exact) mass is 253 g/mol. The molecule has 0 amide bonds. The van der Waals surface area contributed by atoms with Crippen molar-refractivity contribution in [2.75, 3.05) is 19.1 Å². The standard InChI is InChI=1S/C11H15N3S2/c1-2-13-8-14(11(15)16-9-13)7-10-4-3-5-12-6-10/h3-6H,2,7-9H2,1H3. The number of aromatic nitrogens is 1. The Balaban J connectivity index is 2.00. The molecular weight excluding hydrogens is 238 g/mol. The Morgan fingerprint density at radius 3 is 3.12 bits per heavy atom. The molecule has 2 heterocycles. The van der Waals surface area contributed by atoms with Gasteiger partial charge in [0.05, 0.1) is 12.5 Å². The largest absolute Gasteiger partial charge is 0.340 e. The summed E-state index contributed by atoms with van der Waals surface area (Å²) in [7, 11) is 0. The van der Waals surface area contributed by atoms with Gasteiger partial charge in [-0.1, -0.05) is 37.0 Å². The van der Waals surface area contributed by atoms with Crippen molar-refractivity contribution in [2.45, 2.75) is 13.5 Å². The van der Waals surface area contributed by atoms with Crippen molar-refractivity contribution in [3.63, 3.8) is 0 Å². The summed E-state index contributed by atoms with van der Waals surface area (Å²) in [4.78, 5) is 8.72. The topological polar surface area (TPSA) is 19.4 Å². The van der Waals surface area contributed by atoms with E-state index in [0.29, 0.717) is 0 Å². The summed E-state index contributed by atoms with van der Waals surface area (Å²) < 4.78 is 0.994. The third kappa shape index (κ3) is 2.93. The number of nitrogens with zero attached hydrogens (tertiary/aromatic N) is 3. The van der Waals surface area contributed by atoms with Gasteiger partial charge >= 0.3 is 0 Å². The molecule has 0 aliphatic carbocycles. The van der Waals surface area contributed by atoms with E-state index in [1.807, 2.05) is 12.3 Å². The van der Waals surface area contributed by atoms with Gasteiger partial charge in [0.15, 0.2) is 0 Å². The van der Waals surface area contributed by atoms with E-state index in [0.717, 1.165) is 30.0 Å². The van der Waals surface area contributed by atoms with Crippen LogP contribution in [-0.2, 0) is 6.54 Å². The fourth-order valence-electron chi connectivity index (χ4n) is 1.60. The maximum absolute atomic E-state index is 5.37. The van der Waals surface area contributed by atoms with Crippen molar-refractivity contribution in [3.05, 3.63) is 30.1 Å². The second-order valence-electron chi connectivity index (χ2n) is 3.73. The molecule has 1 saturated heterocycles. The van der Waals surface area contributed by atoms with E-state index in [-0.39, 0.29) is 0 Å². The lowest BCUT2D eigenvalue weighted by Gasteiger charge is -2.36. The highest BCUT2D eigenvalue weighted by Gasteiger charge is 2.20. The van der Waals surface area contributed by atoms with Crippen LogP contribution in [0.25, 0.3) is 0 Å². The predicted molar refractivity (Wildman–Crippen MR) is 72.1 cm³/mol. The molecule has 0 unspecified atom stereocenters. The van der Waals surface area contributed by atoms with Crippen LogP contribution >= 0.6 is 24.0 Å². The van der Waals surface area contributed by atoms with Gasteiger partial charge in [0.25, 0.3) is 0 Å². The minimum atomic E-state index is 0.857. The van der Waals surface area contributed by atoms with Gasteiger partial charge in [-0.25, -0.2) is 0 Å². The van der Waals surface area contributed by atoms with Crippen LogP contribution in [0.5, 0.6) is 0 Å². The third-order valence-corrected chi connectivity index (χ3v) is 4.15. The van der Waals surface area contributed by atoms with Gasteiger partial charge < -0.3 is 4.90 Å². The molecule has 16 heavy (non-hydrogen) atoms. The van der Waals surface area contributed by atoms with Crippen LogP contribution in [0.3, 0.4) is 0 Å². The summed E-state index contributed by atoms with van der Waals surface area (Å²) in [5.41, 5.74) is 1.21. The fourth-order valence-corrected chi connectivity index (χ4v) is 2.74. The van der Waals surface area contributed by atoms with Crippen LogP contribution in [0.15, 0.2) is 24.5 Å². The van der Waals surface area contributed by atoms with Crippen molar-refractivity contribution in [2.24, 2.45) is 0 Å². The lowest BCUT2D eigenvalue weighted by atomic mass is 10.3. The van der Waals surface area contributed by atoms with E-state index >= 15 is 0 Å². The summed E-state index contributed by atoms with van der Waals surface area (Å²) in [6.07, 6.45) is 3.70. The van der Waals surface area contributed by atoms with E-state index in [4.69, 9.17) is 12.2 Å². The summed E-state index contributed by atoms with van der Waals surface area (Å²) in [6, 6.07) is 4.05. The number of thiocarbonyl (C=S) groups is 1. The highest BCUT2D eigenvalue weighted by molar-refractivity contribution is 8.22. The average Bonchev–Trinajstić information content (AvgIpc) is 2.33. The zero-order chi connectivity index (χ0) is 11.4. The van der Waals surface area contributed by atoms with Crippen molar-refractivity contribution in [1.29, 1.82) is 0 Å². The number of thioether (sulfide) groups is 1. The zero-order valence-electron chi connectivity index (χ0n) is 9.30. The number of pyridine rings is 1. The van der Waals surface area contributed by atoms with Crippen LogP contribution in [0.4, 0.5) is 0 Å². The van der Waals surface area contributed by atoms with E-state index < -0.39 is 0 Å². The van der Waals surface area contributed by atoms with E-state index in [2.05, 4.69) is 27.8 Å². The van der Waals surface area contributed by atoms with Crippen molar-refractivity contribution < 1.29 is 0 Å². The minimum Gasteiger partial charge on any atom is -0.340 e. The number of hydrogen-bond donors (Lipinski definition) is 0. The van der Waals surface area contributed by atoms with Gasteiger partial charge in [0, 0.05) is 18.9 Å². The molecule has 0 atom stereocenters. The molecule has 0 N–H and O–H groups in total. The molecular formula is C11H15N3S2. The summed E-state index contributed by atoms with van der Waals surface area (Å²) in [5, 5.41) is 0. The lowest BCUT2D eigenvalue weighted by molar-refractivity contribution is 0.216. The van der Waals surface area contributed by atoms with Gasteiger partial charge in [0.2, 0.25) is 0 Å². The van der Waals surface area contributed by atoms with Crippen LogP contribution in [-0.4, -0.2) is 38.2 Å². The first-order chi connectivity index (χ1) is 7.79. The predicted octanol–water partition coefficient (Wildman–Crippen LogP) is 2.15. The lowest BCUT2D eigenvalue weighted by Crippen LogP contribution is -2.44. The van der Waals surface area contributed by atoms with Crippen LogP contribution in [0.2, 0.25) is 0 Å². The van der Waals surface area contributed by atoms with Crippen molar-refractivity contribution >= 4 is 28.3 Å². The molecule has 0 aromatic carbocycles. The first-order valence-corrected chi connectivity index (χ1v) is 6.72. The Hall–Kier alpha value is -0.650. The highest BCUT2D eigenvalue weighted by Crippen LogP contribution is 2.20. The van der Waals surface area contributed by atoms with Crippen LogP contribution < -0.4 is 0 Å². The van der Waals surface area contributed by atoms with E-state index in [1.165, 1.54) is 5.56 Å². The molecule has 2 rings (SSSR count). The summed E-state index contributed by atoms with van der Waals surface area (Å²) >= 11 is 7.11. The van der Waals surface area contributed by atoms with Crippen LogP contribution in [0.1, 0.15) is 12.5 Å². The normalized spacial score (nSPS) is 17.8. The third-order valence-electron chi connectivity index (χ3n) is 2.54. The molecule has 1 aliphatic heterocycles. The highest BCUT2D eigenvalue weighted by atomic mass is 32.2. The Morgan fingerprint density at radius 1 is 1.56 bits per heavy atom. The van der Waals surface area contributed by atoms with Crippen molar-refractivity contribution in [1.82, 2.24) is 14.8 Å². The molecule has 0 saturated carbocycles. The molecule has 1 fully saturated rings. The second-order valence-corrected chi connectivity index (χ2v) is 5.31. The van der Waals surface area contributed by atoms with Crippen molar-refractivity contribution in [3.8, 4) is 0 Å². The summed E-state index contributed by atoms with van der Waals surface area (Å²) in [6.45, 7) is 5.03. The smallest absolute Gasteiger partial charge is 0.138 e. The molecule has 1 aromatic rings. The Bertz CT molecular complexity index is 356. The van der Waals surface area contributed by atoms with E-state index in [1.54, 1.807) is 18.0 Å². The Labute approximate surface area is 106 Å². The first kappa shape index (κ1) is 11.8. The molecule has 0 spiro atoms. The first-order valence-electron chi connectivity index (χ1n) is 5.32. The van der Waals surface area contributed by atoms with Crippen LogP contribution in [0, 0.1) is 0 Å². The molecule has 0 bridgehead atoms. The van der Waals surface area contributed by atoms with Gasteiger partial charge in [-0.3, -0.25) is 9.88 Å². The molecule has 5 heteroatoms. The molecule has 3 nitrogen and oxygen atoms in total. The Kier molecular flexibility index (Phi) is 4.15. The fraction of sp³-hybridized carbons (Fsp3) is 0.455. The number of rotatable bonds is 3. The zero-order valence-corrected chi connectivity index (χ0v) is 10.9. The van der Waals surface area contributed by atoms with E-state index in [9.17, 15) is 0 Å². The minimum absolute atomic E-state index is 0.857. The van der Waals surface area contributed by atoms with Gasteiger partial charge in [-0.15, -0.1) is 0 Å². The SMILES string of the molecule is CCN1CSC(=S)N(Cc2cccnc2)C1. The average molecular weight is 253 g/mol. The summed E-state index contributed by atoms with van der Waals surface area (Å²) in [5.74, 6) is 1.01. The van der Waals surface area contributed by atoms with Gasteiger partial charge in [-0.2, -0.15) is 0 Å². The maximum Gasteiger partial charge on any atom is 0.138 e. The molecule has 1 aliphatic rings. The molecule has 1 aromatic heterocycles.